The van der Waals surface area contributed by atoms with Crippen molar-refractivity contribution in [2.24, 2.45) is 0 Å². The van der Waals surface area contributed by atoms with Gasteiger partial charge in [0.15, 0.2) is 5.11 Å². The number of quaternary nitrogens is 1. The quantitative estimate of drug-likeness (QED) is 0.648. The third-order valence-corrected chi connectivity index (χ3v) is 4.93. The van der Waals surface area contributed by atoms with E-state index in [1.54, 1.807) is 4.90 Å². The van der Waals surface area contributed by atoms with Crippen LogP contribution in [0.4, 0.5) is 5.69 Å². The first kappa shape index (κ1) is 18.3. The first-order chi connectivity index (χ1) is 12.2. The van der Waals surface area contributed by atoms with Crippen LogP contribution in [-0.4, -0.2) is 37.5 Å². The zero-order chi connectivity index (χ0) is 17.5. The van der Waals surface area contributed by atoms with Crippen LogP contribution in [0.1, 0.15) is 5.56 Å². The molecule has 1 unspecified atom stereocenters. The summed E-state index contributed by atoms with van der Waals surface area (Å²) in [5.74, 6) is 0. The van der Waals surface area contributed by atoms with Crippen molar-refractivity contribution in [2.45, 2.75) is 12.6 Å². The first-order valence-electron chi connectivity index (χ1n) is 8.48. The van der Waals surface area contributed by atoms with Gasteiger partial charge in [0.1, 0.15) is 25.7 Å². The van der Waals surface area contributed by atoms with Gasteiger partial charge in [-0.3, -0.25) is 0 Å². The molecule has 0 bridgehead atoms. The molecule has 25 heavy (non-hydrogen) atoms. The average molecular weight is 421 g/mol. The lowest BCUT2D eigenvalue weighted by atomic mass is 10.2. The number of morpholine rings is 1. The standard InChI is InChI=1S/C19H22BrN3OS/c20-16-7-4-8-17(11-16)22-19(25)21-12-18-14-23(9-10-24-18)13-15-5-2-1-3-6-15/h1-8,11,18H,9-10,12-14H2,(H2,21,22,25)/p+1/t18-/m0/s1. The molecule has 3 N–H and O–H groups in total. The maximum Gasteiger partial charge on any atom is 0.170 e. The SMILES string of the molecule is S=C(NC[C@H]1C[NH+](Cc2ccccc2)CCO1)Nc1cccc(Br)c1. The van der Waals surface area contributed by atoms with Gasteiger partial charge in [0.25, 0.3) is 0 Å². The molecule has 0 amide bonds. The van der Waals surface area contributed by atoms with Crippen molar-refractivity contribution in [1.82, 2.24) is 5.32 Å². The summed E-state index contributed by atoms with van der Waals surface area (Å²) < 4.78 is 6.91. The van der Waals surface area contributed by atoms with Gasteiger partial charge in [-0.05, 0) is 30.4 Å². The van der Waals surface area contributed by atoms with Gasteiger partial charge in [-0.1, -0.05) is 52.3 Å². The molecule has 4 nitrogen and oxygen atoms in total. The molecule has 132 valence electrons. The molecule has 2 aromatic rings. The second-order valence-corrected chi connectivity index (χ2v) is 7.53. The number of anilines is 1. The summed E-state index contributed by atoms with van der Waals surface area (Å²) in [4.78, 5) is 1.55. The number of hydrogen-bond acceptors (Lipinski definition) is 2. The van der Waals surface area contributed by atoms with E-state index >= 15 is 0 Å². The fourth-order valence-corrected chi connectivity index (χ4v) is 3.58. The lowest BCUT2D eigenvalue weighted by Gasteiger charge is -2.30. The Kier molecular flexibility index (Phi) is 6.81. The molecule has 3 rings (SSSR count). The second-order valence-electron chi connectivity index (χ2n) is 6.20. The first-order valence-corrected chi connectivity index (χ1v) is 9.69. The second kappa shape index (κ2) is 9.29. The van der Waals surface area contributed by atoms with E-state index in [9.17, 15) is 0 Å². The number of halogens is 1. The minimum atomic E-state index is 0.176. The Labute approximate surface area is 162 Å². The summed E-state index contributed by atoms with van der Waals surface area (Å²) in [7, 11) is 0. The molecule has 0 aliphatic carbocycles. The van der Waals surface area contributed by atoms with Gasteiger partial charge in [0.05, 0.1) is 6.61 Å². The van der Waals surface area contributed by atoms with Gasteiger partial charge in [-0.25, -0.2) is 0 Å². The Hall–Kier alpha value is -1.47. The highest BCUT2D eigenvalue weighted by Crippen LogP contribution is 2.15. The summed E-state index contributed by atoms with van der Waals surface area (Å²) in [5, 5.41) is 7.09. The molecule has 1 saturated heterocycles. The van der Waals surface area contributed by atoms with Gasteiger partial charge >= 0.3 is 0 Å². The van der Waals surface area contributed by atoms with Gasteiger partial charge in [0.2, 0.25) is 0 Å². The van der Waals surface area contributed by atoms with Crippen LogP contribution in [0.5, 0.6) is 0 Å². The average Bonchev–Trinajstić information content (AvgIpc) is 2.61. The van der Waals surface area contributed by atoms with Crippen molar-refractivity contribution in [3.63, 3.8) is 0 Å². The minimum absolute atomic E-state index is 0.176. The molecule has 6 heteroatoms. The molecule has 0 aromatic heterocycles. The predicted octanol–water partition coefficient (Wildman–Crippen LogP) is 2.22. The van der Waals surface area contributed by atoms with Crippen molar-refractivity contribution in [3.05, 3.63) is 64.6 Å². The van der Waals surface area contributed by atoms with Crippen LogP contribution in [0.3, 0.4) is 0 Å². The van der Waals surface area contributed by atoms with Crippen molar-refractivity contribution in [3.8, 4) is 0 Å². The third kappa shape index (κ3) is 6.08. The molecule has 0 saturated carbocycles. The minimum Gasteiger partial charge on any atom is -0.365 e. The zero-order valence-electron chi connectivity index (χ0n) is 14.0. The molecular formula is C19H23BrN3OS+. The van der Waals surface area contributed by atoms with E-state index in [2.05, 4.69) is 56.9 Å². The number of hydrogen-bond donors (Lipinski definition) is 3. The Morgan fingerprint density at radius 2 is 2.04 bits per heavy atom. The van der Waals surface area contributed by atoms with E-state index in [0.717, 1.165) is 42.9 Å². The summed E-state index contributed by atoms with van der Waals surface area (Å²) >= 11 is 8.84. The Bertz CT molecular complexity index is 698. The normalized spacial score (nSPS) is 20.0. The molecular weight excluding hydrogens is 398 g/mol. The lowest BCUT2D eigenvalue weighted by molar-refractivity contribution is -0.925. The number of thiocarbonyl (C=S) groups is 1. The fraction of sp³-hybridized carbons (Fsp3) is 0.316. The molecule has 1 fully saturated rings. The predicted molar refractivity (Wildman–Crippen MR) is 109 cm³/mol. The summed E-state index contributed by atoms with van der Waals surface area (Å²) in [6, 6.07) is 18.6. The highest BCUT2D eigenvalue weighted by atomic mass is 79.9. The highest BCUT2D eigenvalue weighted by Gasteiger charge is 2.23. The van der Waals surface area contributed by atoms with Gasteiger partial charge in [-0.2, -0.15) is 0 Å². The van der Waals surface area contributed by atoms with Crippen molar-refractivity contribution in [1.29, 1.82) is 0 Å². The number of rotatable bonds is 5. The largest absolute Gasteiger partial charge is 0.365 e. The number of nitrogens with one attached hydrogen (secondary N) is 3. The maximum atomic E-state index is 5.89. The Balaban J connectivity index is 1.44. The van der Waals surface area contributed by atoms with E-state index in [1.165, 1.54) is 5.56 Å². The van der Waals surface area contributed by atoms with Crippen LogP contribution < -0.4 is 15.5 Å². The maximum absolute atomic E-state index is 5.89. The van der Waals surface area contributed by atoms with E-state index in [0.29, 0.717) is 5.11 Å². The highest BCUT2D eigenvalue weighted by molar-refractivity contribution is 9.10. The smallest absolute Gasteiger partial charge is 0.170 e. The zero-order valence-corrected chi connectivity index (χ0v) is 16.4. The van der Waals surface area contributed by atoms with Crippen LogP contribution in [0.15, 0.2) is 59.1 Å². The molecule has 0 spiro atoms. The van der Waals surface area contributed by atoms with E-state index in [1.807, 2.05) is 24.3 Å². The Morgan fingerprint density at radius 1 is 1.20 bits per heavy atom. The van der Waals surface area contributed by atoms with Gasteiger partial charge in [0, 0.05) is 22.3 Å². The van der Waals surface area contributed by atoms with Crippen molar-refractivity contribution in [2.75, 3.05) is 31.6 Å². The van der Waals surface area contributed by atoms with E-state index < -0.39 is 0 Å². The van der Waals surface area contributed by atoms with Crippen LogP contribution in [0.2, 0.25) is 0 Å². The monoisotopic (exact) mass is 420 g/mol. The van der Waals surface area contributed by atoms with Crippen molar-refractivity contribution < 1.29 is 9.64 Å². The molecule has 2 aromatic carbocycles. The summed E-state index contributed by atoms with van der Waals surface area (Å²) in [6.07, 6.45) is 0.176. The third-order valence-electron chi connectivity index (χ3n) is 4.20. The lowest BCUT2D eigenvalue weighted by Crippen LogP contribution is -3.13. The molecule has 1 heterocycles. The van der Waals surface area contributed by atoms with Gasteiger partial charge in [-0.15, -0.1) is 0 Å². The van der Waals surface area contributed by atoms with E-state index in [-0.39, 0.29) is 6.10 Å². The van der Waals surface area contributed by atoms with Gasteiger partial charge < -0.3 is 20.3 Å². The molecule has 2 atom stereocenters. The van der Waals surface area contributed by atoms with Crippen molar-refractivity contribution >= 4 is 38.9 Å². The number of ether oxygens (including phenoxy) is 1. The van der Waals surface area contributed by atoms with Crippen LogP contribution in [-0.2, 0) is 11.3 Å². The van der Waals surface area contributed by atoms with E-state index in [4.69, 9.17) is 17.0 Å². The van der Waals surface area contributed by atoms with Crippen LogP contribution >= 0.6 is 28.1 Å². The molecule has 0 radical (unpaired) electrons. The topological polar surface area (TPSA) is 37.7 Å². The summed E-state index contributed by atoms with van der Waals surface area (Å²) in [6.45, 7) is 4.59. The van der Waals surface area contributed by atoms with Crippen LogP contribution in [0.25, 0.3) is 0 Å². The summed E-state index contributed by atoms with van der Waals surface area (Å²) in [5.41, 5.74) is 2.34. The molecule has 1 aliphatic heterocycles. The fourth-order valence-electron chi connectivity index (χ4n) is 2.98. The Morgan fingerprint density at radius 3 is 2.84 bits per heavy atom. The molecule has 1 aliphatic rings. The van der Waals surface area contributed by atoms with Crippen LogP contribution in [0, 0.1) is 0 Å². The number of benzene rings is 2.